The Bertz CT molecular complexity index is 2470. The van der Waals surface area contributed by atoms with Crippen LogP contribution in [0.2, 0.25) is 0 Å². The maximum Gasteiger partial charge on any atom is 0.0629 e. The molecule has 0 nitrogen and oxygen atoms in total. The molecule has 0 N–H and O–H groups in total. The maximum atomic E-state index is 9.19. The molecule has 0 heterocycles. The Labute approximate surface area is 229 Å². The molecule has 0 aromatic heterocycles. The Kier molecular flexibility index (Phi) is 2.69. The maximum absolute atomic E-state index is 9.19. The molecule has 36 heavy (non-hydrogen) atoms. The van der Waals surface area contributed by atoms with Crippen LogP contribution in [0.25, 0.3) is 65.7 Å². The van der Waals surface area contributed by atoms with Gasteiger partial charge in [-0.15, -0.1) is 0 Å². The minimum absolute atomic E-state index is 0.0182. The first-order chi connectivity index (χ1) is 23.3. The Morgan fingerprint density at radius 3 is 1.56 bits per heavy atom. The van der Waals surface area contributed by atoms with E-state index < -0.39 is 78.6 Å². The summed E-state index contributed by atoms with van der Waals surface area (Å²) in [6.07, 6.45) is 0. The zero-order chi connectivity index (χ0) is 35.2. The summed E-state index contributed by atoms with van der Waals surface area (Å²) in [6, 6.07) is 12.7. The Morgan fingerprint density at radius 1 is 0.389 bits per heavy atom. The second-order valence-electron chi connectivity index (χ2n) is 8.36. The van der Waals surface area contributed by atoms with Crippen LogP contribution in [-0.2, 0) is 0 Å². The molecule has 7 aromatic carbocycles. The van der Waals surface area contributed by atoms with Crippen LogP contribution in [0.3, 0.4) is 0 Å². The minimum Gasteiger partial charge on any atom is -0.0622 e. The normalized spacial score (nSPS) is 16.4. The van der Waals surface area contributed by atoms with Gasteiger partial charge in [-0.05, 0) is 77.8 Å². The monoisotopic (exact) mass is 469 g/mol. The molecule has 0 aliphatic rings. The van der Waals surface area contributed by atoms with Gasteiger partial charge in [-0.25, -0.2) is 0 Å². The first-order valence-corrected chi connectivity index (χ1v) is 11.4. The van der Waals surface area contributed by atoms with E-state index in [1.54, 1.807) is 66.7 Å². The van der Waals surface area contributed by atoms with Gasteiger partial charge in [-0.1, -0.05) is 133 Å². The summed E-state index contributed by atoms with van der Waals surface area (Å²) in [6.45, 7) is 0. The molecule has 0 aliphatic heterocycles. The van der Waals surface area contributed by atoms with Gasteiger partial charge in [-0.2, -0.15) is 0 Å². The predicted octanol–water partition coefficient (Wildman–Crippen LogP) is 10.1. The van der Waals surface area contributed by atoms with Crippen molar-refractivity contribution in [3.05, 3.63) is 145 Å². The van der Waals surface area contributed by atoms with Crippen LogP contribution in [0, 0.1) is 0 Å². The second-order valence-corrected chi connectivity index (χ2v) is 8.36. The fourth-order valence-corrected chi connectivity index (χ4v) is 4.85. The molecular weight excluding hydrogens is 432 g/mol. The van der Waals surface area contributed by atoms with E-state index in [9.17, 15) is 2.74 Å². The molecule has 0 bridgehead atoms. The average Bonchev–Trinajstić information content (AvgIpc) is 3.11. The van der Waals surface area contributed by atoms with E-state index in [0.29, 0.717) is 16.3 Å². The molecule has 0 unspecified atom stereocenters. The van der Waals surface area contributed by atoms with Crippen LogP contribution >= 0.6 is 0 Å². The predicted molar refractivity (Wildman–Crippen MR) is 155 cm³/mol. The summed E-state index contributed by atoms with van der Waals surface area (Å²) < 4.78 is 113. The molecule has 0 radical (unpaired) electrons. The van der Waals surface area contributed by atoms with E-state index in [4.69, 9.17) is 15.1 Å². The highest BCUT2D eigenvalue weighted by atomic mass is 14.2. The minimum atomic E-state index is -0.556. The first kappa shape index (κ1) is 11.4. The summed E-state index contributed by atoms with van der Waals surface area (Å²) in [7, 11) is 0. The van der Waals surface area contributed by atoms with Gasteiger partial charge in [-0.3, -0.25) is 0 Å². The van der Waals surface area contributed by atoms with Crippen molar-refractivity contribution < 1.29 is 17.8 Å². The summed E-state index contributed by atoms with van der Waals surface area (Å²) in [5.41, 5.74) is 1.24. The standard InChI is InChI=1S/C36H24/c1-3-13-25(14-4-1)34-24-28(23-27-17-7-8-18-29(27)34)36-32-21-11-9-19-30(32)35(26-15-5-2-6-16-26)31-20-10-12-22-33(31)36/h1-24H/i1D,3D,4D,9D,10D,11D,12D,13D,14D,19D,20D,21D,22D. The van der Waals surface area contributed by atoms with Crippen LogP contribution in [0.1, 0.15) is 17.8 Å². The van der Waals surface area contributed by atoms with Crippen molar-refractivity contribution in [1.82, 2.24) is 0 Å². The highest BCUT2D eigenvalue weighted by Gasteiger charge is 2.17. The lowest BCUT2D eigenvalue weighted by Crippen LogP contribution is -1.92. The fourth-order valence-electron chi connectivity index (χ4n) is 4.85. The van der Waals surface area contributed by atoms with Crippen LogP contribution < -0.4 is 0 Å². The van der Waals surface area contributed by atoms with Gasteiger partial charge in [0, 0.05) is 0 Å². The third-order valence-electron chi connectivity index (χ3n) is 6.36. The molecular formula is C36H24. The van der Waals surface area contributed by atoms with Crippen molar-refractivity contribution in [3.63, 3.8) is 0 Å². The van der Waals surface area contributed by atoms with E-state index >= 15 is 0 Å². The highest BCUT2D eigenvalue weighted by molar-refractivity contribution is 6.22. The van der Waals surface area contributed by atoms with E-state index in [2.05, 4.69) is 0 Å². The van der Waals surface area contributed by atoms with Gasteiger partial charge in [0.15, 0.2) is 0 Å². The largest absolute Gasteiger partial charge is 0.0629 e. The van der Waals surface area contributed by atoms with E-state index in [0.717, 1.165) is 0 Å². The number of fused-ring (bicyclic) bond motifs is 3. The molecule has 7 aromatic rings. The summed E-state index contributed by atoms with van der Waals surface area (Å²) >= 11 is 0. The molecule has 0 aliphatic carbocycles. The molecule has 0 fully saturated rings. The van der Waals surface area contributed by atoms with Crippen molar-refractivity contribution >= 4 is 32.3 Å². The first-order valence-electron chi connectivity index (χ1n) is 17.9. The second kappa shape index (κ2) is 8.52. The number of hydrogen-bond acceptors (Lipinski definition) is 0. The molecule has 0 heteroatoms. The zero-order valence-corrected chi connectivity index (χ0v) is 18.9. The van der Waals surface area contributed by atoms with E-state index in [1.807, 2.05) is 0 Å². The van der Waals surface area contributed by atoms with Crippen molar-refractivity contribution in [1.29, 1.82) is 0 Å². The lowest BCUT2D eigenvalue weighted by Gasteiger charge is -2.19. The number of rotatable bonds is 3. The Balaban J connectivity index is 1.81. The quantitative estimate of drug-likeness (QED) is 0.226. The van der Waals surface area contributed by atoms with Gasteiger partial charge < -0.3 is 0 Å². The van der Waals surface area contributed by atoms with Gasteiger partial charge in [0.2, 0.25) is 0 Å². The Hall–Kier alpha value is -4.68. The molecule has 0 amide bonds. The van der Waals surface area contributed by atoms with E-state index in [-0.39, 0.29) is 49.4 Å². The summed E-state index contributed by atoms with van der Waals surface area (Å²) in [5, 5.41) is 1.26. The summed E-state index contributed by atoms with van der Waals surface area (Å²) in [5.74, 6) is 0. The molecule has 0 saturated carbocycles. The van der Waals surface area contributed by atoms with Crippen molar-refractivity contribution in [3.8, 4) is 33.4 Å². The van der Waals surface area contributed by atoms with Crippen molar-refractivity contribution in [2.24, 2.45) is 0 Å². The summed E-state index contributed by atoms with van der Waals surface area (Å²) in [4.78, 5) is 0. The van der Waals surface area contributed by atoms with E-state index in [1.165, 1.54) is 0 Å². The third-order valence-corrected chi connectivity index (χ3v) is 6.36. The van der Waals surface area contributed by atoms with Crippen LogP contribution in [0.15, 0.2) is 145 Å². The topological polar surface area (TPSA) is 0 Å². The third kappa shape index (κ3) is 3.31. The van der Waals surface area contributed by atoms with Gasteiger partial charge in [0.1, 0.15) is 0 Å². The van der Waals surface area contributed by atoms with Crippen LogP contribution in [-0.4, -0.2) is 0 Å². The lowest BCUT2D eigenvalue weighted by atomic mass is 9.84. The SMILES string of the molecule is [2H]c1c([2H])c([2H])c(-c2cc(-c3c4c([2H])c([2H])c([2H])c([2H])c4c(-c4ccccc4)c4c([2H])c([2H])c([2H])c([2H])c34)cc3ccccc23)c([2H])c1[2H]. The Morgan fingerprint density at radius 2 is 0.917 bits per heavy atom. The van der Waals surface area contributed by atoms with Gasteiger partial charge in [0.05, 0.1) is 17.8 Å². The smallest absolute Gasteiger partial charge is 0.0622 e. The van der Waals surface area contributed by atoms with Gasteiger partial charge in [0.25, 0.3) is 0 Å². The fraction of sp³-hybridized carbons (Fsp3) is 0. The van der Waals surface area contributed by atoms with Crippen LogP contribution in [0.4, 0.5) is 0 Å². The molecule has 7 rings (SSSR count). The number of hydrogen-bond donors (Lipinski definition) is 0. The zero-order valence-electron chi connectivity index (χ0n) is 31.9. The van der Waals surface area contributed by atoms with Crippen molar-refractivity contribution in [2.75, 3.05) is 0 Å². The molecule has 0 atom stereocenters. The van der Waals surface area contributed by atoms with Crippen LogP contribution in [0.5, 0.6) is 0 Å². The van der Waals surface area contributed by atoms with Crippen molar-refractivity contribution in [2.45, 2.75) is 0 Å². The molecule has 168 valence electrons. The molecule has 0 saturated heterocycles. The molecule has 0 spiro atoms. The van der Waals surface area contributed by atoms with Gasteiger partial charge >= 0.3 is 0 Å². The average molecular weight is 470 g/mol. The highest BCUT2D eigenvalue weighted by Crippen LogP contribution is 2.45. The lowest BCUT2D eigenvalue weighted by molar-refractivity contribution is 1.64. The number of benzene rings is 7.